The van der Waals surface area contributed by atoms with Gasteiger partial charge in [0.05, 0.1) is 0 Å². The molecule has 0 saturated carbocycles. The van der Waals surface area contributed by atoms with E-state index in [1.165, 1.54) is 6.07 Å². The zero-order valence-electron chi connectivity index (χ0n) is 11.9. The Morgan fingerprint density at radius 1 is 1.00 bits per heavy atom. The Labute approximate surface area is 138 Å². The van der Waals surface area contributed by atoms with Gasteiger partial charge in [-0.1, -0.05) is 0 Å². The number of carboxylic acids is 1. The number of carboxylic acid groups (broad SMARTS) is 1. The molecule has 23 heavy (non-hydrogen) atoms. The van der Waals surface area contributed by atoms with E-state index in [0.717, 1.165) is 14.1 Å². The Morgan fingerprint density at radius 2 is 1.74 bits per heavy atom. The van der Waals surface area contributed by atoms with Gasteiger partial charge in [-0.3, -0.25) is 0 Å². The maximum atomic E-state index is 11.2. The minimum absolute atomic E-state index is 0.0928. The summed E-state index contributed by atoms with van der Waals surface area (Å²) in [7, 11) is 0. The summed E-state index contributed by atoms with van der Waals surface area (Å²) in [6.07, 6.45) is 0. The number of benzene rings is 3. The fourth-order valence-corrected chi connectivity index (χ4v) is 5.03. The third kappa shape index (κ3) is 3.10. The zero-order valence-corrected chi connectivity index (χ0v) is 14.0. The van der Waals surface area contributed by atoms with E-state index in [1.54, 1.807) is 36.4 Å². The molecular weight excluding hydrogens is 357 g/mol. The molecule has 5 nitrogen and oxygen atoms in total. The SMILES string of the molecule is O=C(O)c1cccc([AsH]c2ccc([N+](=O)[O-])c3ccccc23)c1. The van der Waals surface area contributed by atoms with E-state index in [4.69, 9.17) is 5.11 Å². The van der Waals surface area contributed by atoms with Crippen LogP contribution >= 0.6 is 0 Å². The molecule has 0 radical (unpaired) electrons. The van der Waals surface area contributed by atoms with Crippen LogP contribution in [0.5, 0.6) is 0 Å². The number of non-ortho nitro benzene ring substituents is 1. The molecule has 1 atom stereocenters. The number of nitro benzene ring substituents is 1. The van der Waals surface area contributed by atoms with Crippen LogP contribution in [0.3, 0.4) is 0 Å². The molecule has 0 bridgehead atoms. The molecule has 0 aromatic heterocycles. The number of aromatic carboxylic acids is 1. The van der Waals surface area contributed by atoms with E-state index >= 15 is 0 Å². The van der Waals surface area contributed by atoms with Crippen molar-refractivity contribution < 1.29 is 14.8 Å². The number of nitrogens with zero attached hydrogens (tertiary/aromatic N) is 1. The molecule has 6 heteroatoms. The predicted molar refractivity (Wildman–Crippen MR) is 90.4 cm³/mol. The first kappa shape index (κ1) is 15.3. The van der Waals surface area contributed by atoms with Gasteiger partial charge in [0.15, 0.2) is 0 Å². The molecule has 0 heterocycles. The number of rotatable bonds is 4. The molecule has 0 saturated heterocycles. The summed E-state index contributed by atoms with van der Waals surface area (Å²) in [4.78, 5) is 21.9. The molecule has 1 unspecified atom stereocenters. The van der Waals surface area contributed by atoms with Gasteiger partial charge in [-0.15, -0.1) is 0 Å². The molecule has 114 valence electrons. The molecule has 0 aliphatic rings. The second kappa shape index (κ2) is 6.22. The number of nitro groups is 1. The average Bonchev–Trinajstić information content (AvgIpc) is 2.55. The van der Waals surface area contributed by atoms with Crippen molar-refractivity contribution in [1.82, 2.24) is 0 Å². The second-order valence-electron chi connectivity index (χ2n) is 4.95. The van der Waals surface area contributed by atoms with Gasteiger partial charge in [-0.05, 0) is 0 Å². The molecule has 0 aliphatic carbocycles. The standard InChI is InChI=1S/C17H12AsNO4/c20-17(21)11-4-3-5-12(10-11)18-15-8-9-16(19(22)23)14-7-2-1-6-13(14)15/h1-10,18H,(H,20,21). The van der Waals surface area contributed by atoms with Gasteiger partial charge >= 0.3 is 138 Å². The maximum absolute atomic E-state index is 11.2. The molecule has 0 aliphatic heterocycles. The molecular formula is C17H12AsNO4. The first-order chi connectivity index (χ1) is 11.1. The summed E-state index contributed by atoms with van der Waals surface area (Å²) in [5.41, 5.74) is 0.354. The molecule has 3 aromatic rings. The van der Waals surface area contributed by atoms with Crippen LogP contribution in [0.15, 0.2) is 60.7 Å². The first-order valence-electron chi connectivity index (χ1n) is 6.83. The molecule has 0 spiro atoms. The zero-order chi connectivity index (χ0) is 16.4. The summed E-state index contributed by atoms with van der Waals surface area (Å²) in [6, 6.07) is 17.5. The fourth-order valence-electron chi connectivity index (χ4n) is 2.44. The topological polar surface area (TPSA) is 80.4 Å². The predicted octanol–water partition coefficient (Wildman–Crippen LogP) is 1.83. The van der Waals surface area contributed by atoms with E-state index in [2.05, 4.69) is 0 Å². The van der Waals surface area contributed by atoms with Crippen LogP contribution in [-0.4, -0.2) is 31.8 Å². The van der Waals surface area contributed by atoms with E-state index in [0.29, 0.717) is 5.39 Å². The van der Waals surface area contributed by atoms with Crippen LogP contribution in [-0.2, 0) is 0 Å². The molecule has 1 N–H and O–H groups in total. The van der Waals surface area contributed by atoms with Gasteiger partial charge < -0.3 is 0 Å². The van der Waals surface area contributed by atoms with Gasteiger partial charge in [0.2, 0.25) is 0 Å². The van der Waals surface area contributed by atoms with Crippen molar-refractivity contribution in [3.63, 3.8) is 0 Å². The second-order valence-corrected chi connectivity index (χ2v) is 7.81. The van der Waals surface area contributed by atoms with Crippen molar-refractivity contribution in [1.29, 1.82) is 0 Å². The summed E-state index contributed by atoms with van der Waals surface area (Å²) >= 11 is -0.791. The van der Waals surface area contributed by atoms with Gasteiger partial charge in [-0.2, -0.15) is 0 Å². The van der Waals surface area contributed by atoms with Gasteiger partial charge in [0.25, 0.3) is 0 Å². The molecule has 3 rings (SSSR count). The van der Waals surface area contributed by atoms with Gasteiger partial charge in [-0.25, -0.2) is 0 Å². The Balaban J connectivity index is 2.08. The molecule has 3 aromatic carbocycles. The summed E-state index contributed by atoms with van der Waals surface area (Å²) in [6.45, 7) is 0. The van der Waals surface area contributed by atoms with Crippen LogP contribution in [0.4, 0.5) is 5.69 Å². The number of hydrogen-bond acceptors (Lipinski definition) is 3. The van der Waals surface area contributed by atoms with Crippen molar-refractivity contribution in [2.45, 2.75) is 0 Å². The number of carbonyl (C=O) groups is 1. The van der Waals surface area contributed by atoms with E-state index < -0.39 is 21.7 Å². The van der Waals surface area contributed by atoms with Crippen molar-refractivity contribution in [3.8, 4) is 0 Å². The molecule has 0 amide bonds. The summed E-state index contributed by atoms with van der Waals surface area (Å²) in [5, 5.41) is 21.7. The van der Waals surface area contributed by atoms with Crippen LogP contribution in [0, 0.1) is 10.1 Å². The Morgan fingerprint density at radius 3 is 2.43 bits per heavy atom. The Bertz CT molecular complexity index is 923. The van der Waals surface area contributed by atoms with E-state index in [9.17, 15) is 14.9 Å². The van der Waals surface area contributed by atoms with Gasteiger partial charge in [0, 0.05) is 0 Å². The summed E-state index contributed by atoms with van der Waals surface area (Å²) < 4.78 is 2.03. The van der Waals surface area contributed by atoms with Crippen molar-refractivity contribution >= 4 is 46.9 Å². The van der Waals surface area contributed by atoms with Crippen molar-refractivity contribution in [2.24, 2.45) is 0 Å². The van der Waals surface area contributed by atoms with E-state index in [1.807, 2.05) is 18.2 Å². The average molecular weight is 369 g/mol. The summed E-state index contributed by atoms with van der Waals surface area (Å²) in [5.74, 6) is -0.952. The van der Waals surface area contributed by atoms with Crippen LogP contribution in [0.1, 0.15) is 10.4 Å². The quantitative estimate of drug-likeness (QED) is 0.432. The van der Waals surface area contributed by atoms with E-state index in [-0.39, 0.29) is 16.2 Å². The third-order valence-electron chi connectivity index (χ3n) is 3.49. The third-order valence-corrected chi connectivity index (χ3v) is 6.22. The Hall–Kier alpha value is -2.65. The van der Waals surface area contributed by atoms with Crippen LogP contribution in [0.25, 0.3) is 10.8 Å². The normalized spacial score (nSPS) is 11.1. The fraction of sp³-hybridized carbons (Fsp3) is 0. The molecule has 0 fully saturated rings. The van der Waals surface area contributed by atoms with Gasteiger partial charge in [0.1, 0.15) is 0 Å². The number of fused-ring (bicyclic) bond motifs is 1. The Kier molecular flexibility index (Phi) is 4.13. The minimum atomic E-state index is -0.952. The first-order valence-corrected chi connectivity index (χ1v) is 8.92. The van der Waals surface area contributed by atoms with Crippen LogP contribution in [0.2, 0.25) is 0 Å². The van der Waals surface area contributed by atoms with Crippen molar-refractivity contribution in [3.05, 3.63) is 76.3 Å². The number of hydrogen-bond donors (Lipinski definition) is 1. The monoisotopic (exact) mass is 369 g/mol. The van der Waals surface area contributed by atoms with Crippen LogP contribution < -0.4 is 8.70 Å². The van der Waals surface area contributed by atoms with Crippen molar-refractivity contribution in [2.75, 3.05) is 0 Å².